The molecule has 0 saturated heterocycles. The Morgan fingerprint density at radius 2 is 1.79 bits per heavy atom. The second kappa shape index (κ2) is 11.5. The molecule has 2 amide bonds. The van der Waals surface area contributed by atoms with Crippen LogP contribution in [-0.2, 0) is 16.1 Å². The van der Waals surface area contributed by atoms with Crippen LogP contribution in [0.3, 0.4) is 0 Å². The fourth-order valence-corrected chi connectivity index (χ4v) is 3.14. The Kier molecular flexibility index (Phi) is 9.00. The molecule has 156 valence electrons. The van der Waals surface area contributed by atoms with Crippen LogP contribution in [0.5, 0.6) is 5.75 Å². The van der Waals surface area contributed by atoms with Gasteiger partial charge in [-0.2, -0.15) is 0 Å². The summed E-state index contributed by atoms with van der Waals surface area (Å²) in [7, 11) is 0. The Labute approximate surface area is 178 Å². The van der Waals surface area contributed by atoms with Gasteiger partial charge >= 0.3 is 0 Å². The summed E-state index contributed by atoms with van der Waals surface area (Å²) >= 11 is 5.98. The lowest BCUT2D eigenvalue weighted by molar-refractivity contribution is -0.143. The molecule has 0 bridgehead atoms. The van der Waals surface area contributed by atoms with Crippen LogP contribution < -0.4 is 10.1 Å². The van der Waals surface area contributed by atoms with Crippen LogP contribution in [0.15, 0.2) is 48.5 Å². The molecule has 0 aliphatic carbocycles. The number of carbonyl (C=O) groups is 2. The third kappa shape index (κ3) is 6.79. The summed E-state index contributed by atoms with van der Waals surface area (Å²) in [4.78, 5) is 27.3. The summed E-state index contributed by atoms with van der Waals surface area (Å²) in [5.41, 5.74) is 1.86. The molecule has 29 heavy (non-hydrogen) atoms. The largest absolute Gasteiger partial charge is 0.484 e. The molecule has 2 aromatic rings. The summed E-state index contributed by atoms with van der Waals surface area (Å²) in [6.07, 6.45) is 1.35. The van der Waals surface area contributed by atoms with Gasteiger partial charge in [-0.25, -0.2) is 0 Å². The molecule has 0 heterocycles. The first-order chi connectivity index (χ1) is 14.0. The molecular weight excluding hydrogens is 388 g/mol. The van der Waals surface area contributed by atoms with Crippen molar-refractivity contribution in [3.63, 3.8) is 0 Å². The van der Waals surface area contributed by atoms with Gasteiger partial charge in [0.05, 0.1) is 0 Å². The standard InChI is InChI=1S/C23H29ClN2O3/c1-4-14-25-23(28)20(5-2)26(15-18-10-12-19(24)13-11-18)22(27)16-29-21-9-7-6-8-17(21)3/h6-13,20H,4-5,14-16H2,1-3H3,(H,25,28). The van der Waals surface area contributed by atoms with Crippen LogP contribution in [0.25, 0.3) is 0 Å². The normalized spacial score (nSPS) is 11.6. The van der Waals surface area contributed by atoms with Crippen LogP contribution in [-0.4, -0.2) is 35.9 Å². The summed E-state index contributed by atoms with van der Waals surface area (Å²) in [6, 6.07) is 14.3. The van der Waals surface area contributed by atoms with Crippen LogP contribution in [0.1, 0.15) is 37.8 Å². The minimum Gasteiger partial charge on any atom is -0.484 e. The van der Waals surface area contributed by atoms with Gasteiger partial charge in [0.25, 0.3) is 5.91 Å². The summed E-state index contributed by atoms with van der Waals surface area (Å²) in [6.45, 7) is 6.59. The molecule has 1 N–H and O–H groups in total. The van der Waals surface area contributed by atoms with E-state index in [4.69, 9.17) is 16.3 Å². The fraction of sp³-hybridized carbons (Fsp3) is 0.391. The van der Waals surface area contributed by atoms with Crippen LogP contribution in [0, 0.1) is 6.92 Å². The Bertz CT molecular complexity index is 808. The van der Waals surface area contributed by atoms with E-state index in [2.05, 4.69) is 5.32 Å². The average molecular weight is 417 g/mol. The first kappa shape index (κ1) is 22.8. The molecule has 0 fully saturated rings. The number of benzene rings is 2. The number of hydrogen-bond acceptors (Lipinski definition) is 3. The van der Waals surface area contributed by atoms with Crippen molar-refractivity contribution in [2.24, 2.45) is 0 Å². The zero-order chi connectivity index (χ0) is 21.2. The van der Waals surface area contributed by atoms with Crippen molar-refractivity contribution in [2.75, 3.05) is 13.2 Å². The maximum absolute atomic E-state index is 13.1. The monoisotopic (exact) mass is 416 g/mol. The molecule has 0 aromatic heterocycles. The molecule has 2 aromatic carbocycles. The van der Waals surface area contributed by atoms with E-state index < -0.39 is 6.04 Å². The van der Waals surface area contributed by atoms with E-state index in [1.807, 2.05) is 57.2 Å². The van der Waals surface area contributed by atoms with E-state index in [9.17, 15) is 9.59 Å². The first-order valence-corrected chi connectivity index (χ1v) is 10.3. The van der Waals surface area contributed by atoms with Gasteiger partial charge in [-0.3, -0.25) is 9.59 Å². The molecule has 0 saturated carbocycles. The number of nitrogens with zero attached hydrogens (tertiary/aromatic N) is 1. The van der Waals surface area contributed by atoms with E-state index in [1.54, 1.807) is 17.0 Å². The van der Waals surface area contributed by atoms with Crippen LogP contribution in [0.2, 0.25) is 5.02 Å². The number of amides is 2. The second-order valence-corrected chi connectivity index (χ2v) is 7.35. The molecule has 5 nitrogen and oxygen atoms in total. The molecule has 1 atom stereocenters. The zero-order valence-corrected chi connectivity index (χ0v) is 18.0. The van der Waals surface area contributed by atoms with Crippen LogP contribution in [0.4, 0.5) is 0 Å². The number of para-hydroxylation sites is 1. The molecule has 1 unspecified atom stereocenters. The highest BCUT2D eigenvalue weighted by Gasteiger charge is 2.28. The van der Waals surface area contributed by atoms with Gasteiger partial charge in [-0.15, -0.1) is 0 Å². The van der Waals surface area contributed by atoms with Crippen molar-refractivity contribution < 1.29 is 14.3 Å². The lowest BCUT2D eigenvalue weighted by Gasteiger charge is -2.30. The highest BCUT2D eigenvalue weighted by molar-refractivity contribution is 6.30. The number of hydrogen-bond donors (Lipinski definition) is 1. The predicted molar refractivity (Wildman–Crippen MR) is 116 cm³/mol. The Morgan fingerprint density at radius 1 is 1.10 bits per heavy atom. The molecule has 0 aliphatic rings. The van der Waals surface area contributed by atoms with Gasteiger partial charge in [0.15, 0.2) is 6.61 Å². The molecule has 2 rings (SSSR count). The highest BCUT2D eigenvalue weighted by atomic mass is 35.5. The molecule has 6 heteroatoms. The first-order valence-electron chi connectivity index (χ1n) is 9.96. The molecular formula is C23H29ClN2O3. The number of halogens is 1. The van der Waals surface area contributed by atoms with Crippen LogP contribution >= 0.6 is 11.6 Å². The lowest BCUT2D eigenvalue weighted by atomic mass is 10.1. The van der Waals surface area contributed by atoms with Crippen molar-refractivity contribution in [3.05, 3.63) is 64.7 Å². The molecule has 0 aliphatic heterocycles. The third-order valence-electron chi connectivity index (χ3n) is 4.65. The van der Waals surface area contributed by atoms with Gasteiger partial charge in [0, 0.05) is 18.1 Å². The highest BCUT2D eigenvalue weighted by Crippen LogP contribution is 2.18. The maximum atomic E-state index is 13.1. The predicted octanol–water partition coefficient (Wildman–Crippen LogP) is 4.36. The Hall–Kier alpha value is -2.53. The van der Waals surface area contributed by atoms with E-state index in [0.717, 1.165) is 17.5 Å². The number of rotatable bonds is 10. The quantitative estimate of drug-likeness (QED) is 0.626. The van der Waals surface area contributed by atoms with Gasteiger partial charge in [-0.05, 0) is 49.1 Å². The van der Waals surface area contributed by atoms with E-state index >= 15 is 0 Å². The third-order valence-corrected chi connectivity index (χ3v) is 4.90. The minimum absolute atomic E-state index is 0.129. The lowest BCUT2D eigenvalue weighted by Crippen LogP contribution is -2.50. The second-order valence-electron chi connectivity index (χ2n) is 6.92. The van der Waals surface area contributed by atoms with Gasteiger partial charge in [-0.1, -0.05) is 55.8 Å². The smallest absolute Gasteiger partial charge is 0.261 e. The number of nitrogens with one attached hydrogen (secondary N) is 1. The van der Waals surface area contributed by atoms with Crippen molar-refractivity contribution in [2.45, 2.75) is 46.2 Å². The van der Waals surface area contributed by atoms with E-state index in [-0.39, 0.29) is 18.4 Å². The number of ether oxygens (including phenoxy) is 1. The molecule has 0 radical (unpaired) electrons. The van der Waals surface area contributed by atoms with Crippen molar-refractivity contribution >= 4 is 23.4 Å². The summed E-state index contributed by atoms with van der Waals surface area (Å²) in [5, 5.41) is 3.53. The van der Waals surface area contributed by atoms with Gasteiger partial charge < -0.3 is 15.0 Å². The topological polar surface area (TPSA) is 58.6 Å². The van der Waals surface area contributed by atoms with E-state index in [0.29, 0.717) is 30.3 Å². The summed E-state index contributed by atoms with van der Waals surface area (Å²) in [5.74, 6) is 0.282. The number of carbonyl (C=O) groups excluding carboxylic acids is 2. The molecule has 0 spiro atoms. The summed E-state index contributed by atoms with van der Waals surface area (Å²) < 4.78 is 5.75. The average Bonchev–Trinajstić information content (AvgIpc) is 2.72. The van der Waals surface area contributed by atoms with Crippen molar-refractivity contribution in [3.8, 4) is 5.75 Å². The van der Waals surface area contributed by atoms with Gasteiger partial charge in [0.2, 0.25) is 5.91 Å². The fourth-order valence-electron chi connectivity index (χ4n) is 3.01. The SMILES string of the molecule is CCCNC(=O)C(CC)N(Cc1ccc(Cl)cc1)C(=O)COc1ccccc1C. The number of aryl methyl sites for hydroxylation is 1. The van der Waals surface area contributed by atoms with Crippen molar-refractivity contribution in [1.82, 2.24) is 10.2 Å². The Morgan fingerprint density at radius 3 is 2.41 bits per heavy atom. The van der Waals surface area contributed by atoms with E-state index in [1.165, 1.54) is 0 Å². The zero-order valence-electron chi connectivity index (χ0n) is 17.3. The minimum atomic E-state index is -0.565. The van der Waals surface area contributed by atoms with Gasteiger partial charge in [0.1, 0.15) is 11.8 Å². The maximum Gasteiger partial charge on any atom is 0.261 e. The Balaban J connectivity index is 2.19. The van der Waals surface area contributed by atoms with Crippen molar-refractivity contribution in [1.29, 1.82) is 0 Å².